The van der Waals surface area contributed by atoms with Gasteiger partial charge in [0.15, 0.2) is 0 Å². The summed E-state index contributed by atoms with van der Waals surface area (Å²) >= 11 is 1.67. The summed E-state index contributed by atoms with van der Waals surface area (Å²) in [5, 5.41) is 0. The summed E-state index contributed by atoms with van der Waals surface area (Å²) < 4.78 is 0. The molecular weight excluding hydrogens is 246 g/mol. The van der Waals surface area contributed by atoms with E-state index in [0.29, 0.717) is 11.3 Å². The third kappa shape index (κ3) is 3.01. The van der Waals surface area contributed by atoms with Gasteiger partial charge in [-0.05, 0) is 29.8 Å². The van der Waals surface area contributed by atoms with E-state index in [1.54, 1.807) is 36.3 Å². The highest BCUT2D eigenvalue weighted by atomic mass is 32.2. The number of anilines is 1. The molecule has 2 aromatic rings. The number of primary amides is 1. The molecule has 0 fully saturated rings. The summed E-state index contributed by atoms with van der Waals surface area (Å²) in [5.74, 6) is 0.282. The third-order valence-corrected chi connectivity index (χ3v) is 3.54. The maximum Gasteiger partial charge on any atom is 0.248 e. The normalized spacial score (nSPS) is 10.2. The van der Waals surface area contributed by atoms with Crippen molar-refractivity contribution in [2.75, 3.05) is 5.73 Å². The Morgan fingerprint density at radius 2 is 1.94 bits per heavy atom. The van der Waals surface area contributed by atoms with Crippen LogP contribution < -0.4 is 11.5 Å². The molecule has 0 spiro atoms. The molecule has 1 heterocycles. The number of benzene rings is 1. The van der Waals surface area contributed by atoms with E-state index in [9.17, 15) is 4.79 Å². The van der Waals surface area contributed by atoms with E-state index in [2.05, 4.69) is 4.98 Å². The fourth-order valence-electron chi connectivity index (χ4n) is 1.48. The zero-order valence-electron chi connectivity index (χ0n) is 9.67. The number of thioether (sulfide) groups is 1. The lowest BCUT2D eigenvalue weighted by Crippen LogP contribution is -2.11. The summed E-state index contributed by atoms with van der Waals surface area (Å²) in [6, 6.07) is 9.03. The monoisotopic (exact) mass is 259 g/mol. The Hall–Kier alpha value is -2.01. The lowest BCUT2D eigenvalue weighted by molar-refractivity contribution is 0.100. The van der Waals surface area contributed by atoms with E-state index in [-0.39, 0.29) is 0 Å². The van der Waals surface area contributed by atoms with Gasteiger partial charge in [0, 0.05) is 34.3 Å². The van der Waals surface area contributed by atoms with Gasteiger partial charge < -0.3 is 11.5 Å². The maximum atomic E-state index is 11.0. The minimum atomic E-state index is -0.463. The van der Waals surface area contributed by atoms with Crippen LogP contribution in [0, 0.1) is 0 Å². The van der Waals surface area contributed by atoms with E-state index in [0.717, 1.165) is 16.2 Å². The number of amides is 1. The Balaban J connectivity index is 2.08. The van der Waals surface area contributed by atoms with Crippen LogP contribution in [0.25, 0.3) is 0 Å². The molecule has 5 heteroatoms. The van der Waals surface area contributed by atoms with Crippen molar-refractivity contribution in [3.8, 4) is 0 Å². The maximum absolute atomic E-state index is 11.0. The number of nitrogens with zero attached hydrogens (tertiary/aromatic N) is 1. The lowest BCUT2D eigenvalue weighted by atomic mass is 10.1. The number of hydrogen-bond acceptors (Lipinski definition) is 4. The molecule has 0 aliphatic rings. The summed E-state index contributed by atoms with van der Waals surface area (Å²) in [6.07, 6.45) is 3.50. The first-order valence-corrected chi connectivity index (χ1v) is 6.36. The molecule has 0 saturated carbocycles. The van der Waals surface area contributed by atoms with Gasteiger partial charge in [0.05, 0.1) is 0 Å². The quantitative estimate of drug-likeness (QED) is 0.650. The molecule has 0 radical (unpaired) electrons. The van der Waals surface area contributed by atoms with Crippen LogP contribution in [-0.4, -0.2) is 10.9 Å². The topological polar surface area (TPSA) is 82.0 Å². The van der Waals surface area contributed by atoms with Gasteiger partial charge in [-0.3, -0.25) is 9.78 Å². The third-order valence-electron chi connectivity index (χ3n) is 2.47. The fraction of sp³-hybridized carbons (Fsp3) is 0.0769. The second-order valence-corrected chi connectivity index (χ2v) is 4.80. The number of carbonyl (C=O) groups is 1. The summed E-state index contributed by atoms with van der Waals surface area (Å²) in [6.45, 7) is 0. The molecule has 4 nitrogen and oxygen atoms in total. The number of aromatic nitrogens is 1. The first-order chi connectivity index (χ1) is 8.66. The predicted molar refractivity (Wildman–Crippen MR) is 73.2 cm³/mol. The van der Waals surface area contributed by atoms with Crippen molar-refractivity contribution in [3.05, 3.63) is 53.9 Å². The molecule has 1 amide bonds. The average Bonchev–Trinajstić information content (AvgIpc) is 2.38. The van der Waals surface area contributed by atoms with Crippen molar-refractivity contribution in [3.63, 3.8) is 0 Å². The first-order valence-electron chi connectivity index (χ1n) is 5.38. The molecule has 4 N–H and O–H groups in total. The molecule has 18 heavy (non-hydrogen) atoms. The number of rotatable bonds is 4. The van der Waals surface area contributed by atoms with Gasteiger partial charge in [0.25, 0.3) is 0 Å². The Bertz CT molecular complexity index is 557. The van der Waals surface area contributed by atoms with E-state index < -0.39 is 5.91 Å². The average molecular weight is 259 g/mol. The van der Waals surface area contributed by atoms with Crippen LogP contribution >= 0.6 is 11.8 Å². The molecular formula is C13H13N3OS. The van der Waals surface area contributed by atoms with Crippen molar-refractivity contribution in [1.29, 1.82) is 0 Å². The molecule has 0 bridgehead atoms. The SMILES string of the molecule is NC(=O)c1ccc(CSc2ccncc2)c(N)c1. The number of nitrogen functional groups attached to an aromatic ring is 1. The minimum absolute atomic E-state index is 0.435. The molecule has 0 aliphatic carbocycles. The van der Waals surface area contributed by atoms with Crippen molar-refractivity contribution >= 4 is 23.4 Å². The summed E-state index contributed by atoms with van der Waals surface area (Å²) in [7, 11) is 0. The largest absolute Gasteiger partial charge is 0.398 e. The fourth-order valence-corrected chi connectivity index (χ4v) is 2.37. The molecule has 0 atom stereocenters. The Labute approximate surface area is 109 Å². The van der Waals surface area contributed by atoms with Crippen LogP contribution in [0.1, 0.15) is 15.9 Å². The number of carbonyl (C=O) groups excluding carboxylic acids is 1. The second-order valence-electron chi connectivity index (χ2n) is 3.75. The minimum Gasteiger partial charge on any atom is -0.398 e. The molecule has 2 rings (SSSR count). The van der Waals surface area contributed by atoms with Gasteiger partial charge in [-0.1, -0.05) is 6.07 Å². The smallest absolute Gasteiger partial charge is 0.248 e. The zero-order chi connectivity index (χ0) is 13.0. The van der Waals surface area contributed by atoms with E-state index in [4.69, 9.17) is 11.5 Å². The van der Waals surface area contributed by atoms with Crippen LogP contribution in [0.5, 0.6) is 0 Å². The molecule has 0 unspecified atom stereocenters. The van der Waals surface area contributed by atoms with Gasteiger partial charge in [0.2, 0.25) is 5.91 Å². The predicted octanol–water partition coefficient (Wildman–Crippen LogP) is 2.05. The van der Waals surface area contributed by atoms with Crippen LogP contribution in [0.3, 0.4) is 0 Å². The van der Waals surface area contributed by atoms with Crippen molar-refractivity contribution < 1.29 is 4.79 Å². The lowest BCUT2D eigenvalue weighted by Gasteiger charge is -2.06. The van der Waals surface area contributed by atoms with Gasteiger partial charge in [-0.15, -0.1) is 11.8 Å². The standard InChI is InChI=1S/C13H13N3OS/c14-12-7-9(13(15)17)1-2-10(12)8-18-11-3-5-16-6-4-11/h1-7H,8,14H2,(H2,15,17). The van der Waals surface area contributed by atoms with Gasteiger partial charge in [-0.2, -0.15) is 0 Å². The Morgan fingerprint density at radius 3 is 2.56 bits per heavy atom. The number of hydrogen-bond donors (Lipinski definition) is 2. The number of nitrogens with two attached hydrogens (primary N) is 2. The summed E-state index contributed by atoms with van der Waals surface area (Å²) in [4.78, 5) is 16.1. The summed E-state index contributed by atoms with van der Waals surface area (Å²) in [5.41, 5.74) is 13.1. The van der Waals surface area contributed by atoms with Gasteiger partial charge in [0.1, 0.15) is 0 Å². The highest BCUT2D eigenvalue weighted by Gasteiger charge is 2.05. The van der Waals surface area contributed by atoms with Gasteiger partial charge in [-0.25, -0.2) is 0 Å². The highest BCUT2D eigenvalue weighted by molar-refractivity contribution is 7.98. The van der Waals surface area contributed by atoms with Crippen molar-refractivity contribution in [1.82, 2.24) is 4.98 Å². The number of pyridine rings is 1. The van der Waals surface area contributed by atoms with E-state index >= 15 is 0 Å². The second kappa shape index (κ2) is 5.55. The molecule has 0 aliphatic heterocycles. The van der Waals surface area contributed by atoms with E-state index in [1.807, 2.05) is 18.2 Å². The van der Waals surface area contributed by atoms with Gasteiger partial charge >= 0.3 is 0 Å². The Morgan fingerprint density at radius 1 is 1.22 bits per heavy atom. The van der Waals surface area contributed by atoms with Crippen molar-refractivity contribution in [2.24, 2.45) is 5.73 Å². The van der Waals surface area contributed by atoms with Crippen LogP contribution in [-0.2, 0) is 5.75 Å². The molecule has 1 aromatic heterocycles. The first kappa shape index (κ1) is 12.4. The van der Waals surface area contributed by atoms with Crippen LogP contribution in [0.15, 0.2) is 47.6 Å². The molecule has 0 saturated heterocycles. The highest BCUT2D eigenvalue weighted by Crippen LogP contribution is 2.25. The van der Waals surface area contributed by atoms with Crippen LogP contribution in [0.4, 0.5) is 5.69 Å². The van der Waals surface area contributed by atoms with E-state index in [1.165, 1.54) is 0 Å². The molecule has 1 aromatic carbocycles. The van der Waals surface area contributed by atoms with Crippen molar-refractivity contribution in [2.45, 2.75) is 10.6 Å². The molecule has 92 valence electrons. The van der Waals surface area contributed by atoms with Crippen LogP contribution in [0.2, 0.25) is 0 Å². The Kier molecular flexibility index (Phi) is 3.84. The zero-order valence-corrected chi connectivity index (χ0v) is 10.5.